The van der Waals surface area contributed by atoms with Gasteiger partial charge in [0.05, 0.1) is 12.6 Å². The zero-order valence-corrected chi connectivity index (χ0v) is 14.2. The summed E-state index contributed by atoms with van der Waals surface area (Å²) in [7, 11) is 1.97. The fourth-order valence-corrected chi connectivity index (χ4v) is 2.72. The topological polar surface area (TPSA) is 44.4 Å². The lowest BCUT2D eigenvalue weighted by molar-refractivity contribution is -0.124. The fraction of sp³-hybridized carbons (Fsp3) is 0.562. The van der Waals surface area contributed by atoms with Crippen LogP contribution in [-0.4, -0.2) is 49.0 Å². The largest absolute Gasteiger partial charge is 0.351 e. The van der Waals surface area contributed by atoms with Crippen molar-refractivity contribution >= 4 is 18.3 Å². The van der Waals surface area contributed by atoms with Gasteiger partial charge in [-0.1, -0.05) is 30.3 Å². The second-order valence-electron chi connectivity index (χ2n) is 6.09. The molecule has 1 heterocycles. The monoisotopic (exact) mass is 347 g/mol. The Hall–Kier alpha value is -1.24. The number of benzene rings is 1. The Kier molecular flexibility index (Phi) is 7.38. The summed E-state index contributed by atoms with van der Waals surface area (Å²) >= 11 is 0. The maximum absolute atomic E-state index is 13.1. The lowest BCUT2D eigenvalue weighted by Gasteiger charge is -2.23. The molecular weight excluding hydrogens is 324 g/mol. The molecule has 0 aliphatic carbocycles. The van der Waals surface area contributed by atoms with Gasteiger partial charge in [0, 0.05) is 25.6 Å². The summed E-state index contributed by atoms with van der Waals surface area (Å²) in [6, 6.07) is 9.14. The third kappa shape index (κ3) is 6.41. The van der Waals surface area contributed by atoms with Gasteiger partial charge in [-0.15, -0.1) is 12.4 Å². The number of carbonyl (C=O) groups is 1. The van der Waals surface area contributed by atoms with Gasteiger partial charge in [-0.3, -0.25) is 10.1 Å². The van der Waals surface area contributed by atoms with Crippen molar-refractivity contribution in [2.45, 2.75) is 37.9 Å². The zero-order chi connectivity index (χ0) is 16.2. The minimum atomic E-state index is -2.78. The van der Waals surface area contributed by atoms with Crippen LogP contribution < -0.4 is 10.6 Å². The summed E-state index contributed by atoms with van der Waals surface area (Å²) < 4.78 is 26.2. The summed E-state index contributed by atoms with van der Waals surface area (Å²) in [6.45, 7) is 2.89. The first-order chi connectivity index (χ1) is 10.4. The van der Waals surface area contributed by atoms with E-state index in [4.69, 9.17) is 0 Å². The van der Waals surface area contributed by atoms with E-state index in [0.29, 0.717) is 6.54 Å². The van der Waals surface area contributed by atoms with E-state index in [1.807, 2.05) is 44.3 Å². The molecule has 23 heavy (non-hydrogen) atoms. The third-order valence-electron chi connectivity index (χ3n) is 3.70. The molecule has 2 rings (SSSR count). The molecule has 4 nitrogen and oxygen atoms in total. The Morgan fingerprint density at radius 2 is 2.09 bits per heavy atom. The Morgan fingerprint density at radius 1 is 1.43 bits per heavy atom. The summed E-state index contributed by atoms with van der Waals surface area (Å²) in [6.07, 6.45) is -0.425. The quantitative estimate of drug-likeness (QED) is 0.827. The van der Waals surface area contributed by atoms with Crippen molar-refractivity contribution in [2.75, 3.05) is 20.1 Å². The predicted octanol–water partition coefficient (Wildman–Crippen LogP) is 2.04. The van der Waals surface area contributed by atoms with Crippen molar-refractivity contribution in [3.8, 4) is 0 Å². The Bertz CT molecular complexity index is 501. The first kappa shape index (κ1) is 19.8. The van der Waals surface area contributed by atoms with Gasteiger partial charge < -0.3 is 10.2 Å². The van der Waals surface area contributed by atoms with Crippen LogP contribution in [0.15, 0.2) is 30.3 Å². The first-order valence-electron chi connectivity index (χ1n) is 7.50. The maximum Gasteiger partial charge on any atom is 0.262 e. The molecular formula is C16H24ClF2N3O. The van der Waals surface area contributed by atoms with Crippen molar-refractivity contribution in [3.05, 3.63) is 35.9 Å². The van der Waals surface area contributed by atoms with Gasteiger partial charge in [0.25, 0.3) is 5.92 Å². The molecule has 1 aromatic rings. The lowest BCUT2D eigenvalue weighted by Crippen LogP contribution is -2.47. The molecule has 2 atom stereocenters. The summed E-state index contributed by atoms with van der Waals surface area (Å²) in [5, 5.41) is 5.37. The van der Waals surface area contributed by atoms with Crippen LogP contribution in [0.1, 0.15) is 18.9 Å². The van der Waals surface area contributed by atoms with E-state index in [1.54, 1.807) is 0 Å². The zero-order valence-electron chi connectivity index (χ0n) is 13.4. The summed E-state index contributed by atoms with van der Waals surface area (Å²) in [5.74, 6) is -3.13. The second kappa shape index (κ2) is 8.57. The van der Waals surface area contributed by atoms with Gasteiger partial charge in [-0.2, -0.15) is 0 Å². The molecule has 2 N–H and O–H groups in total. The molecule has 1 amide bonds. The predicted molar refractivity (Wildman–Crippen MR) is 89.0 cm³/mol. The minimum Gasteiger partial charge on any atom is -0.351 e. The van der Waals surface area contributed by atoms with Crippen molar-refractivity contribution < 1.29 is 13.6 Å². The molecule has 130 valence electrons. The number of amides is 1. The number of alkyl halides is 2. The highest BCUT2D eigenvalue weighted by atomic mass is 35.5. The SMILES string of the molecule is CC(CN(C)Cc1ccccc1)NC(=O)C1CC(F)(F)CN1.Cl. The Balaban J connectivity index is 0.00000264. The number of carbonyl (C=O) groups excluding carboxylic acids is 1. The normalized spacial score (nSPS) is 20.8. The van der Waals surface area contributed by atoms with E-state index in [-0.39, 0.29) is 24.4 Å². The third-order valence-corrected chi connectivity index (χ3v) is 3.70. The molecule has 7 heteroatoms. The van der Waals surface area contributed by atoms with Gasteiger partial charge in [0.2, 0.25) is 5.91 Å². The number of hydrogen-bond acceptors (Lipinski definition) is 3. The van der Waals surface area contributed by atoms with Crippen molar-refractivity contribution in [1.29, 1.82) is 0 Å². The average molecular weight is 348 g/mol. The molecule has 1 aliphatic rings. The molecule has 0 bridgehead atoms. The van der Waals surface area contributed by atoms with E-state index in [1.165, 1.54) is 5.56 Å². The molecule has 1 saturated heterocycles. The number of likely N-dealkylation sites (N-methyl/N-ethyl adjacent to an activating group) is 1. The standard InChI is InChI=1S/C16H23F2N3O.ClH/c1-12(9-21(2)10-13-6-4-3-5-7-13)20-15(22)14-8-16(17,18)11-19-14;/h3-7,12,14,19H,8-11H2,1-2H3,(H,20,22);1H. The van der Waals surface area contributed by atoms with Crippen molar-refractivity contribution in [2.24, 2.45) is 0 Å². The van der Waals surface area contributed by atoms with Crippen LogP contribution in [0.4, 0.5) is 8.78 Å². The lowest BCUT2D eigenvalue weighted by atomic mass is 10.1. The van der Waals surface area contributed by atoms with Crippen molar-refractivity contribution in [3.63, 3.8) is 0 Å². The Morgan fingerprint density at radius 3 is 2.65 bits per heavy atom. The van der Waals surface area contributed by atoms with E-state index < -0.39 is 24.9 Å². The van der Waals surface area contributed by atoms with Gasteiger partial charge in [0.1, 0.15) is 0 Å². The summed E-state index contributed by atoms with van der Waals surface area (Å²) in [5.41, 5.74) is 1.20. The number of nitrogens with one attached hydrogen (secondary N) is 2. The van der Waals surface area contributed by atoms with E-state index in [0.717, 1.165) is 6.54 Å². The molecule has 2 unspecified atom stereocenters. The van der Waals surface area contributed by atoms with Gasteiger partial charge in [0.15, 0.2) is 0 Å². The molecule has 1 aliphatic heterocycles. The van der Waals surface area contributed by atoms with Crippen LogP contribution in [0.2, 0.25) is 0 Å². The van der Waals surface area contributed by atoms with Crippen LogP contribution in [0.25, 0.3) is 0 Å². The van der Waals surface area contributed by atoms with Crippen LogP contribution in [0.5, 0.6) is 0 Å². The van der Waals surface area contributed by atoms with Crippen LogP contribution in [-0.2, 0) is 11.3 Å². The smallest absolute Gasteiger partial charge is 0.262 e. The molecule has 1 fully saturated rings. The van der Waals surface area contributed by atoms with Crippen LogP contribution in [0, 0.1) is 0 Å². The van der Waals surface area contributed by atoms with Gasteiger partial charge in [-0.25, -0.2) is 8.78 Å². The molecule has 0 radical (unpaired) electrons. The number of nitrogens with zero attached hydrogens (tertiary/aromatic N) is 1. The molecule has 1 aromatic carbocycles. The molecule has 0 saturated carbocycles. The highest BCUT2D eigenvalue weighted by Crippen LogP contribution is 2.25. The summed E-state index contributed by atoms with van der Waals surface area (Å²) in [4.78, 5) is 14.1. The maximum atomic E-state index is 13.1. The van der Waals surface area contributed by atoms with E-state index >= 15 is 0 Å². The van der Waals surface area contributed by atoms with Crippen LogP contribution in [0.3, 0.4) is 0 Å². The Labute approximate surface area is 142 Å². The van der Waals surface area contributed by atoms with E-state index in [2.05, 4.69) is 15.5 Å². The first-order valence-corrected chi connectivity index (χ1v) is 7.50. The number of halogens is 3. The average Bonchev–Trinajstić information content (AvgIpc) is 2.80. The highest BCUT2D eigenvalue weighted by molar-refractivity contribution is 5.85. The van der Waals surface area contributed by atoms with Crippen LogP contribution >= 0.6 is 12.4 Å². The molecule has 0 spiro atoms. The van der Waals surface area contributed by atoms with Crippen molar-refractivity contribution in [1.82, 2.24) is 15.5 Å². The fourth-order valence-electron chi connectivity index (χ4n) is 2.72. The molecule has 0 aromatic heterocycles. The van der Waals surface area contributed by atoms with Gasteiger partial charge >= 0.3 is 0 Å². The second-order valence-corrected chi connectivity index (χ2v) is 6.09. The van der Waals surface area contributed by atoms with Gasteiger partial charge in [-0.05, 0) is 19.5 Å². The number of hydrogen-bond donors (Lipinski definition) is 2. The van der Waals surface area contributed by atoms with E-state index in [9.17, 15) is 13.6 Å². The number of rotatable bonds is 6. The highest BCUT2D eigenvalue weighted by Gasteiger charge is 2.42. The minimum absolute atomic E-state index is 0.